The fourth-order valence-electron chi connectivity index (χ4n) is 2.06. The van der Waals surface area contributed by atoms with Crippen LogP contribution in [0.5, 0.6) is 0 Å². The molecule has 17 heavy (non-hydrogen) atoms. The molecule has 0 saturated carbocycles. The SMILES string of the molecule is CC(C)(C)C1=CC(=O)C(=O)C(C(C)(C)C)C1=O. The minimum Gasteiger partial charge on any atom is -0.294 e. The van der Waals surface area contributed by atoms with E-state index >= 15 is 0 Å². The van der Waals surface area contributed by atoms with Gasteiger partial charge in [-0.25, -0.2) is 0 Å². The van der Waals surface area contributed by atoms with E-state index in [2.05, 4.69) is 0 Å². The number of rotatable bonds is 0. The molecule has 1 rings (SSSR count). The molecule has 0 saturated heterocycles. The van der Waals surface area contributed by atoms with Gasteiger partial charge in [0.25, 0.3) is 0 Å². The van der Waals surface area contributed by atoms with Crippen molar-refractivity contribution >= 4 is 17.3 Å². The number of carbonyl (C=O) groups is 3. The van der Waals surface area contributed by atoms with Gasteiger partial charge in [0.15, 0.2) is 5.78 Å². The third kappa shape index (κ3) is 2.54. The maximum atomic E-state index is 12.3. The average Bonchev–Trinajstić information content (AvgIpc) is 2.07. The van der Waals surface area contributed by atoms with E-state index in [1.807, 2.05) is 41.5 Å². The molecule has 3 heteroatoms. The van der Waals surface area contributed by atoms with Crippen molar-refractivity contribution in [3.05, 3.63) is 11.6 Å². The van der Waals surface area contributed by atoms with Crippen LogP contribution in [-0.2, 0) is 14.4 Å². The van der Waals surface area contributed by atoms with Crippen molar-refractivity contribution in [3.63, 3.8) is 0 Å². The molecule has 94 valence electrons. The minimum absolute atomic E-state index is 0.199. The minimum atomic E-state index is -0.839. The van der Waals surface area contributed by atoms with Gasteiger partial charge in [-0.15, -0.1) is 0 Å². The van der Waals surface area contributed by atoms with Crippen molar-refractivity contribution in [2.45, 2.75) is 41.5 Å². The van der Waals surface area contributed by atoms with E-state index in [1.165, 1.54) is 6.08 Å². The van der Waals surface area contributed by atoms with Crippen molar-refractivity contribution < 1.29 is 14.4 Å². The van der Waals surface area contributed by atoms with E-state index < -0.39 is 28.3 Å². The Kier molecular flexibility index (Phi) is 3.17. The molecule has 0 bridgehead atoms. The lowest BCUT2D eigenvalue weighted by Crippen LogP contribution is -2.45. The van der Waals surface area contributed by atoms with Crippen molar-refractivity contribution in [3.8, 4) is 0 Å². The molecule has 1 unspecified atom stereocenters. The zero-order valence-electron chi connectivity index (χ0n) is 11.4. The van der Waals surface area contributed by atoms with Crippen molar-refractivity contribution in [2.24, 2.45) is 16.7 Å². The Morgan fingerprint density at radius 2 is 1.35 bits per heavy atom. The van der Waals surface area contributed by atoms with Crippen molar-refractivity contribution in [1.82, 2.24) is 0 Å². The fourth-order valence-corrected chi connectivity index (χ4v) is 2.06. The van der Waals surface area contributed by atoms with Gasteiger partial charge >= 0.3 is 0 Å². The summed E-state index contributed by atoms with van der Waals surface area (Å²) in [5.41, 5.74) is -0.465. The summed E-state index contributed by atoms with van der Waals surface area (Å²) in [5, 5.41) is 0. The maximum Gasteiger partial charge on any atom is 0.222 e. The van der Waals surface area contributed by atoms with Gasteiger partial charge in [-0.2, -0.15) is 0 Å². The Morgan fingerprint density at radius 1 is 0.882 bits per heavy atom. The lowest BCUT2D eigenvalue weighted by atomic mass is 9.66. The van der Waals surface area contributed by atoms with Gasteiger partial charge in [-0.1, -0.05) is 41.5 Å². The van der Waals surface area contributed by atoms with Crippen LogP contribution in [0.25, 0.3) is 0 Å². The van der Waals surface area contributed by atoms with Crippen LogP contribution >= 0.6 is 0 Å². The zero-order chi connectivity index (χ0) is 13.6. The lowest BCUT2D eigenvalue weighted by Gasteiger charge is -2.34. The standard InChI is InChI=1S/C14H20O3/c1-13(2,3)8-7-9(15)12(17)10(11(8)16)14(4,5)6/h7,10H,1-6H3. The summed E-state index contributed by atoms with van der Waals surface area (Å²) in [6, 6.07) is 0. The molecule has 0 fully saturated rings. The van der Waals surface area contributed by atoms with Crippen LogP contribution in [0.3, 0.4) is 0 Å². The largest absolute Gasteiger partial charge is 0.294 e. The summed E-state index contributed by atoms with van der Waals surface area (Å²) in [6.45, 7) is 11.1. The van der Waals surface area contributed by atoms with Crippen molar-refractivity contribution in [1.29, 1.82) is 0 Å². The summed E-state index contributed by atoms with van der Waals surface area (Å²) in [6.07, 6.45) is 1.22. The van der Waals surface area contributed by atoms with E-state index in [9.17, 15) is 14.4 Å². The maximum absolute atomic E-state index is 12.3. The molecule has 0 aliphatic heterocycles. The summed E-state index contributed by atoms with van der Waals surface area (Å²) < 4.78 is 0. The van der Waals surface area contributed by atoms with Gasteiger partial charge in [0.05, 0.1) is 5.92 Å². The molecule has 0 aromatic carbocycles. The number of allylic oxidation sites excluding steroid dienone is 2. The molecule has 0 N–H and O–H groups in total. The second-order valence-corrected chi connectivity index (χ2v) is 6.70. The molecule has 1 aliphatic carbocycles. The van der Waals surface area contributed by atoms with E-state index in [0.717, 1.165) is 0 Å². The lowest BCUT2D eigenvalue weighted by molar-refractivity contribution is -0.144. The first-order chi connectivity index (χ1) is 7.46. The van der Waals surface area contributed by atoms with Gasteiger partial charge in [0, 0.05) is 5.57 Å². The monoisotopic (exact) mass is 236 g/mol. The van der Waals surface area contributed by atoms with Crippen LogP contribution in [0.4, 0.5) is 0 Å². The first kappa shape index (κ1) is 13.8. The van der Waals surface area contributed by atoms with Crippen LogP contribution in [0, 0.1) is 16.7 Å². The quantitative estimate of drug-likeness (QED) is 0.479. The summed E-state index contributed by atoms with van der Waals surface area (Å²) in [7, 11) is 0. The van der Waals surface area contributed by atoms with Gasteiger partial charge in [-0.05, 0) is 16.9 Å². The number of hydrogen-bond donors (Lipinski definition) is 0. The van der Waals surface area contributed by atoms with Crippen LogP contribution in [0.1, 0.15) is 41.5 Å². The number of carbonyl (C=O) groups excluding carboxylic acids is 3. The van der Waals surface area contributed by atoms with Crippen LogP contribution in [0.15, 0.2) is 11.6 Å². The number of ketones is 3. The zero-order valence-corrected chi connectivity index (χ0v) is 11.4. The Morgan fingerprint density at radius 3 is 1.71 bits per heavy atom. The van der Waals surface area contributed by atoms with E-state index in [4.69, 9.17) is 0 Å². The van der Waals surface area contributed by atoms with Gasteiger partial charge in [0.1, 0.15) is 0 Å². The Hall–Kier alpha value is -1.25. The highest BCUT2D eigenvalue weighted by Crippen LogP contribution is 2.38. The summed E-state index contributed by atoms with van der Waals surface area (Å²) >= 11 is 0. The molecular weight excluding hydrogens is 216 g/mol. The molecule has 3 nitrogen and oxygen atoms in total. The van der Waals surface area contributed by atoms with Crippen LogP contribution in [-0.4, -0.2) is 17.3 Å². The van der Waals surface area contributed by atoms with Gasteiger partial charge < -0.3 is 0 Å². The molecule has 0 aromatic heterocycles. The Bertz CT molecular complexity index is 414. The topological polar surface area (TPSA) is 51.2 Å². The van der Waals surface area contributed by atoms with Crippen molar-refractivity contribution in [2.75, 3.05) is 0 Å². The molecule has 1 atom stereocenters. The molecule has 0 spiro atoms. The van der Waals surface area contributed by atoms with Gasteiger partial charge in [0.2, 0.25) is 11.6 Å². The van der Waals surface area contributed by atoms with E-state index in [0.29, 0.717) is 5.57 Å². The molecule has 0 radical (unpaired) electrons. The summed E-state index contributed by atoms with van der Waals surface area (Å²) in [4.78, 5) is 35.8. The first-order valence-corrected chi connectivity index (χ1v) is 5.81. The highest BCUT2D eigenvalue weighted by atomic mass is 16.2. The molecule has 0 aromatic rings. The fraction of sp³-hybridized carbons (Fsp3) is 0.643. The summed E-state index contributed by atoms with van der Waals surface area (Å²) in [5.74, 6) is -2.16. The second-order valence-electron chi connectivity index (χ2n) is 6.70. The normalized spacial score (nSPS) is 22.8. The smallest absolute Gasteiger partial charge is 0.222 e. The van der Waals surface area contributed by atoms with E-state index in [-0.39, 0.29) is 5.78 Å². The highest BCUT2D eigenvalue weighted by Gasteiger charge is 2.46. The Balaban J connectivity index is 3.34. The Labute approximate surface area is 102 Å². The third-order valence-corrected chi connectivity index (χ3v) is 2.98. The average molecular weight is 236 g/mol. The molecule has 0 amide bonds. The second kappa shape index (κ2) is 3.90. The predicted octanol–water partition coefficient (Wildman–Crippen LogP) is 2.34. The predicted molar refractivity (Wildman–Crippen MR) is 65.5 cm³/mol. The number of Topliss-reactive ketones (excluding diaryl/α,β-unsaturated/α-hetero) is 2. The third-order valence-electron chi connectivity index (χ3n) is 2.98. The van der Waals surface area contributed by atoms with Crippen LogP contribution in [0.2, 0.25) is 0 Å². The van der Waals surface area contributed by atoms with Gasteiger partial charge in [-0.3, -0.25) is 14.4 Å². The van der Waals surface area contributed by atoms with Crippen LogP contribution < -0.4 is 0 Å². The first-order valence-electron chi connectivity index (χ1n) is 5.81. The van der Waals surface area contributed by atoms with E-state index in [1.54, 1.807) is 0 Å². The highest BCUT2D eigenvalue weighted by molar-refractivity contribution is 6.49. The molecule has 0 heterocycles. The number of hydrogen-bond acceptors (Lipinski definition) is 3. The molecule has 1 aliphatic rings. The molecular formula is C14H20O3.